The van der Waals surface area contributed by atoms with E-state index in [2.05, 4.69) is 0 Å². The molecule has 0 aliphatic rings. The van der Waals surface area contributed by atoms with Gasteiger partial charge in [0.15, 0.2) is 0 Å². The molecule has 0 spiro atoms. The first-order chi connectivity index (χ1) is 6.57. The third-order valence-corrected chi connectivity index (χ3v) is 1.90. The van der Waals surface area contributed by atoms with E-state index in [0.29, 0.717) is 12.3 Å². The van der Waals surface area contributed by atoms with Gasteiger partial charge in [0.1, 0.15) is 5.69 Å². The van der Waals surface area contributed by atoms with Crippen LogP contribution in [0.2, 0.25) is 0 Å². The van der Waals surface area contributed by atoms with Crippen LogP contribution < -0.4 is 0 Å². The minimum Gasteiger partial charge on any atom is -0.461 e. The van der Waals surface area contributed by atoms with Crippen molar-refractivity contribution in [2.45, 2.75) is 20.8 Å². The molecule has 1 rings (SSSR count). The highest BCUT2D eigenvalue weighted by Crippen LogP contribution is 2.11. The molecule has 14 heavy (non-hydrogen) atoms. The molecule has 1 aromatic rings. The summed E-state index contributed by atoms with van der Waals surface area (Å²) in [7, 11) is 0. The molecule has 0 N–H and O–H groups in total. The van der Waals surface area contributed by atoms with Crippen LogP contribution in [0.1, 0.15) is 34.7 Å². The number of esters is 1. The van der Waals surface area contributed by atoms with Crippen molar-refractivity contribution in [1.82, 2.24) is 4.57 Å². The van der Waals surface area contributed by atoms with Gasteiger partial charge >= 0.3 is 5.97 Å². The maximum Gasteiger partial charge on any atom is 0.355 e. The number of carbonyl (C=O) groups excluding carboxylic acids is 2. The molecule has 0 amide bonds. The second-order valence-electron chi connectivity index (χ2n) is 2.96. The third kappa shape index (κ3) is 1.84. The van der Waals surface area contributed by atoms with Crippen molar-refractivity contribution in [3.05, 3.63) is 23.5 Å². The average molecular weight is 195 g/mol. The van der Waals surface area contributed by atoms with Crippen molar-refractivity contribution in [2.24, 2.45) is 0 Å². The van der Waals surface area contributed by atoms with Crippen LogP contribution in [0.15, 0.2) is 12.3 Å². The molecule has 0 atom stereocenters. The number of aryl methyl sites for hydroxylation is 1. The van der Waals surface area contributed by atoms with Crippen LogP contribution in [0.4, 0.5) is 0 Å². The highest BCUT2D eigenvalue weighted by molar-refractivity contribution is 5.94. The fourth-order valence-electron chi connectivity index (χ4n) is 1.25. The standard InChI is InChI=1S/C10H13NO3/c1-4-14-10(13)9-7(2)5-6-11(9)8(3)12/h5-6H,4H2,1-3H3. The molecule has 0 bridgehead atoms. The van der Waals surface area contributed by atoms with Crippen LogP contribution in [-0.4, -0.2) is 23.1 Å². The normalized spacial score (nSPS) is 9.93. The topological polar surface area (TPSA) is 48.3 Å². The van der Waals surface area contributed by atoms with E-state index in [0.717, 1.165) is 5.56 Å². The molecule has 0 fully saturated rings. The lowest BCUT2D eigenvalue weighted by atomic mass is 10.3. The minimum atomic E-state index is -0.454. The SMILES string of the molecule is CCOC(=O)c1c(C)ccn1C(C)=O. The number of aromatic nitrogens is 1. The Kier molecular flexibility index (Phi) is 3.06. The molecule has 76 valence electrons. The largest absolute Gasteiger partial charge is 0.461 e. The first-order valence-corrected chi connectivity index (χ1v) is 4.44. The van der Waals surface area contributed by atoms with Crippen LogP contribution in [0, 0.1) is 6.92 Å². The molecule has 1 aromatic heterocycles. The van der Waals surface area contributed by atoms with Crippen molar-refractivity contribution in [3.8, 4) is 0 Å². The van der Waals surface area contributed by atoms with E-state index >= 15 is 0 Å². The van der Waals surface area contributed by atoms with Crippen molar-refractivity contribution in [2.75, 3.05) is 6.61 Å². The second kappa shape index (κ2) is 4.09. The Morgan fingerprint density at radius 1 is 1.50 bits per heavy atom. The highest BCUT2D eigenvalue weighted by Gasteiger charge is 2.17. The van der Waals surface area contributed by atoms with Crippen molar-refractivity contribution >= 4 is 11.9 Å². The quantitative estimate of drug-likeness (QED) is 0.674. The Bertz CT molecular complexity index is 365. The van der Waals surface area contributed by atoms with Gasteiger partial charge in [-0.2, -0.15) is 0 Å². The number of rotatable bonds is 2. The fraction of sp³-hybridized carbons (Fsp3) is 0.400. The number of hydrogen-bond acceptors (Lipinski definition) is 3. The van der Waals surface area contributed by atoms with Gasteiger partial charge in [-0.25, -0.2) is 4.79 Å². The van der Waals surface area contributed by atoms with Gasteiger partial charge in [0.2, 0.25) is 5.91 Å². The Labute approximate surface area is 82.5 Å². The van der Waals surface area contributed by atoms with Crippen LogP contribution in [0.3, 0.4) is 0 Å². The summed E-state index contributed by atoms with van der Waals surface area (Å²) in [5.41, 5.74) is 1.07. The molecule has 0 saturated carbocycles. The van der Waals surface area contributed by atoms with Crippen LogP contribution in [0.25, 0.3) is 0 Å². The molecule has 0 aliphatic carbocycles. The maximum absolute atomic E-state index is 11.5. The second-order valence-corrected chi connectivity index (χ2v) is 2.96. The molecule has 0 unspecified atom stereocenters. The minimum absolute atomic E-state index is 0.193. The summed E-state index contributed by atoms with van der Waals surface area (Å²) in [6, 6.07) is 1.72. The van der Waals surface area contributed by atoms with Gasteiger partial charge in [-0.15, -0.1) is 0 Å². The lowest BCUT2D eigenvalue weighted by Gasteiger charge is -2.05. The smallest absolute Gasteiger partial charge is 0.355 e. The van der Waals surface area contributed by atoms with Gasteiger partial charge in [0, 0.05) is 13.1 Å². The van der Waals surface area contributed by atoms with Gasteiger partial charge in [-0.1, -0.05) is 0 Å². The van der Waals surface area contributed by atoms with Crippen molar-refractivity contribution < 1.29 is 14.3 Å². The number of ether oxygens (including phenoxy) is 1. The Morgan fingerprint density at radius 3 is 2.64 bits per heavy atom. The number of hydrogen-bond donors (Lipinski definition) is 0. The Balaban J connectivity index is 3.11. The third-order valence-electron chi connectivity index (χ3n) is 1.90. The molecule has 0 saturated heterocycles. The molecule has 4 heteroatoms. The molecule has 4 nitrogen and oxygen atoms in total. The molecular weight excluding hydrogens is 182 g/mol. The molecule has 0 radical (unpaired) electrons. The summed E-state index contributed by atoms with van der Waals surface area (Å²) >= 11 is 0. The van der Waals surface area contributed by atoms with Crippen LogP contribution in [0.5, 0.6) is 0 Å². The molecular formula is C10H13NO3. The summed E-state index contributed by atoms with van der Waals surface area (Å²) in [4.78, 5) is 22.6. The van der Waals surface area contributed by atoms with E-state index < -0.39 is 5.97 Å². The van der Waals surface area contributed by atoms with E-state index in [1.807, 2.05) is 0 Å². The molecule has 0 aromatic carbocycles. The van der Waals surface area contributed by atoms with Gasteiger partial charge in [-0.05, 0) is 25.5 Å². The van der Waals surface area contributed by atoms with E-state index in [4.69, 9.17) is 4.74 Å². The van der Waals surface area contributed by atoms with Crippen molar-refractivity contribution in [1.29, 1.82) is 0 Å². The van der Waals surface area contributed by atoms with Crippen LogP contribution >= 0.6 is 0 Å². The average Bonchev–Trinajstić information content (AvgIpc) is 2.47. The predicted molar refractivity (Wildman–Crippen MR) is 51.4 cm³/mol. The van der Waals surface area contributed by atoms with Gasteiger partial charge < -0.3 is 4.74 Å². The summed E-state index contributed by atoms with van der Waals surface area (Å²) in [5, 5.41) is 0. The lowest BCUT2D eigenvalue weighted by Crippen LogP contribution is -2.16. The number of nitrogens with zero attached hydrogens (tertiary/aromatic N) is 1. The summed E-state index contributed by atoms with van der Waals surface area (Å²) in [5.74, 6) is -0.647. The zero-order valence-corrected chi connectivity index (χ0v) is 8.53. The first-order valence-electron chi connectivity index (χ1n) is 4.44. The zero-order chi connectivity index (χ0) is 10.7. The van der Waals surface area contributed by atoms with E-state index in [-0.39, 0.29) is 5.91 Å². The van der Waals surface area contributed by atoms with Crippen molar-refractivity contribution in [3.63, 3.8) is 0 Å². The zero-order valence-electron chi connectivity index (χ0n) is 8.53. The monoisotopic (exact) mass is 195 g/mol. The van der Waals surface area contributed by atoms with Crippen LogP contribution in [-0.2, 0) is 4.74 Å². The van der Waals surface area contributed by atoms with Gasteiger partial charge in [0.05, 0.1) is 6.61 Å². The summed E-state index contributed by atoms with van der Waals surface area (Å²) in [6.07, 6.45) is 1.57. The fourth-order valence-corrected chi connectivity index (χ4v) is 1.25. The lowest BCUT2D eigenvalue weighted by molar-refractivity contribution is 0.0508. The summed E-state index contributed by atoms with van der Waals surface area (Å²) < 4.78 is 6.14. The Hall–Kier alpha value is -1.58. The van der Waals surface area contributed by atoms with Gasteiger partial charge in [0.25, 0.3) is 0 Å². The Morgan fingerprint density at radius 2 is 2.14 bits per heavy atom. The number of carbonyl (C=O) groups is 2. The maximum atomic E-state index is 11.5. The predicted octanol–water partition coefficient (Wildman–Crippen LogP) is 1.63. The molecule has 1 heterocycles. The van der Waals surface area contributed by atoms with Gasteiger partial charge in [-0.3, -0.25) is 9.36 Å². The van der Waals surface area contributed by atoms with E-state index in [1.54, 1.807) is 26.1 Å². The first kappa shape index (κ1) is 10.5. The molecule has 0 aliphatic heterocycles. The van der Waals surface area contributed by atoms with E-state index in [1.165, 1.54) is 11.5 Å². The highest BCUT2D eigenvalue weighted by atomic mass is 16.5. The summed E-state index contributed by atoms with van der Waals surface area (Å²) in [6.45, 7) is 5.21. The van der Waals surface area contributed by atoms with E-state index in [9.17, 15) is 9.59 Å².